The smallest absolute Gasteiger partial charge is 0.168 e. The van der Waals surface area contributed by atoms with Crippen LogP contribution in [0.1, 0.15) is 31.7 Å². The first-order chi connectivity index (χ1) is 8.08. The van der Waals surface area contributed by atoms with E-state index in [2.05, 4.69) is 0 Å². The van der Waals surface area contributed by atoms with Crippen molar-refractivity contribution in [2.45, 2.75) is 32.3 Å². The third kappa shape index (κ3) is 2.75. The number of benzene rings is 1. The second-order valence-corrected chi connectivity index (χ2v) is 4.56. The number of rotatable bonds is 3. The summed E-state index contributed by atoms with van der Waals surface area (Å²) >= 11 is 0. The Labute approximate surface area is 99.5 Å². The largest absolute Gasteiger partial charge is 0.485 e. The lowest BCUT2D eigenvalue weighted by Gasteiger charge is -2.18. The van der Waals surface area contributed by atoms with Crippen molar-refractivity contribution >= 4 is 0 Å². The first-order valence-electron chi connectivity index (χ1n) is 5.81. The Morgan fingerprint density at radius 1 is 1.35 bits per heavy atom. The molecule has 1 aromatic rings. The molecule has 1 saturated heterocycles. The van der Waals surface area contributed by atoms with Crippen molar-refractivity contribution in [2.75, 3.05) is 13.2 Å². The molecule has 0 aromatic heterocycles. The minimum atomic E-state index is -0.638. The molecular formula is C13H16F2O2. The van der Waals surface area contributed by atoms with Gasteiger partial charge in [0.15, 0.2) is 11.6 Å². The van der Waals surface area contributed by atoms with Crippen LogP contribution in [-0.4, -0.2) is 19.3 Å². The molecule has 0 radical (unpaired) electrons. The average molecular weight is 242 g/mol. The lowest BCUT2D eigenvalue weighted by Crippen LogP contribution is -2.18. The Balaban J connectivity index is 2.29. The average Bonchev–Trinajstić information content (AvgIpc) is 2.74. The van der Waals surface area contributed by atoms with E-state index in [9.17, 15) is 8.78 Å². The predicted molar refractivity (Wildman–Crippen MR) is 60.3 cm³/mol. The molecule has 1 aliphatic rings. The highest BCUT2D eigenvalue weighted by atomic mass is 19.1. The zero-order chi connectivity index (χ0) is 12.4. The van der Waals surface area contributed by atoms with Crippen molar-refractivity contribution in [2.24, 2.45) is 0 Å². The maximum Gasteiger partial charge on any atom is 0.168 e. The maximum atomic E-state index is 13.7. The molecule has 2 nitrogen and oxygen atoms in total. The van der Waals surface area contributed by atoms with Crippen LogP contribution >= 0.6 is 0 Å². The van der Waals surface area contributed by atoms with Gasteiger partial charge in [0.05, 0.1) is 13.2 Å². The summed E-state index contributed by atoms with van der Waals surface area (Å²) in [4.78, 5) is 0. The van der Waals surface area contributed by atoms with Gasteiger partial charge in [-0.3, -0.25) is 0 Å². The molecule has 1 fully saturated rings. The Kier molecular flexibility index (Phi) is 3.62. The van der Waals surface area contributed by atoms with Gasteiger partial charge in [-0.1, -0.05) is 13.8 Å². The van der Waals surface area contributed by atoms with E-state index in [1.807, 2.05) is 13.8 Å². The van der Waals surface area contributed by atoms with E-state index in [1.165, 1.54) is 6.07 Å². The van der Waals surface area contributed by atoms with Crippen LogP contribution in [0, 0.1) is 11.6 Å². The van der Waals surface area contributed by atoms with E-state index in [4.69, 9.17) is 9.47 Å². The number of ether oxygens (including phenoxy) is 2. The molecule has 1 atom stereocenters. The van der Waals surface area contributed by atoms with Crippen LogP contribution in [0.5, 0.6) is 5.75 Å². The van der Waals surface area contributed by atoms with Crippen LogP contribution in [-0.2, 0) is 4.74 Å². The van der Waals surface area contributed by atoms with Gasteiger partial charge in [0.1, 0.15) is 11.9 Å². The summed E-state index contributed by atoms with van der Waals surface area (Å²) in [5.74, 6) is -1.03. The number of hydrogen-bond acceptors (Lipinski definition) is 2. The summed E-state index contributed by atoms with van der Waals surface area (Å²) in [6, 6.07) is 2.19. The number of halogens is 2. The monoisotopic (exact) mass is 242 g/mol. The molecule has 0 N–H and O–H groups in total. The van der Waals surface area contributed by atoms with Crippen molar-refractivity contribution in [1.82, 2.24) is 0 Å². The van der Waals surface area contributed by atoms with Crippen molar-refractivity contribution in [3.63, 3.8) is 0 Å². The molecule has 0 amide bonds. The highest BCUT2D eigenvalue weighted by Crippen LogP contribution is 2.32. The van der Waals surface area contributed by atoms with Crippen LogP contribution in [0.4, 0.5) is 8.78 Å². The van der Waals surface area contributed by atoms with E-state index in [1.54, 1.807) is 0 Å². The summed E-state index contributed by atoms with van der Waals surface area (Å²) in [5.41, 5.74) is 0.564. The molecule has 0 aliphatic carbocycles. The molecule has 0 bridgehead atoms. The Morgan fingerprint density at radius 3 is 2.71 bits per heavy atom. The first-order valence-corrected chi connectivity index (χ1v) is 5.81. The van der Waals surface area contributed by atoms with Crippen molar-refractivity contribution in [1.29, 1.82) is 0 Å². The van der Waals surface area contributed by atoms with Crippen LogP contribution in [0.3, 0.4) is 0 Å². The normalized spacial score (nSPS) is 19.9. The fourth-order valence-corrected chi connectivity index (χ4v) is 1.91. The second-order valence-electron chi connectivity index (χ2n) is 4.56. The highest BCUT2D eigenvalue weighted by molar-refractivity contribution is 5.38. The van der Waals surface area contributed by atoms with E-state index < -0.39 is 11.6 Å². The van der Waals surface area contributed by atoms with Gasteiger partial charge in [0.2, 0.25) is 0 Å². The quantitative estimate of drug-likeness (QED) is 0.810. The second kappa shape index (κ2) is 5.00. The van der Waals surface area contributed by atoms with Gasteiger partial charge in [-0.25, -0.2) is 8.78 Å². The fraction of sp³-hybridized carbons (Fsp3) is 0.538. The SMILES string of the molecule is CC(C)c1cc(F)cc(F)c1OC1CCOC1. The zero-order valence-corrected chi connectivity index (χ0v) is 10.0. The van der Waals surface area contributed by atoms with Gasteiger partial charge in [-0.2, -0.15) is 0 Å². The molecule has 94 valence electrons. The summed E-state index contributed by atoms with van der Waals surface area (Å²) in [6.45, 7) is 4.86. The van der Waals surface area contributed by atoms with Gasteiger partial charge < -0.3 is 9.47 Å². The van der Waals surface area contributed by atoms with Gasteiger partial charge in [0.25, 0.3) is 0 Å². The van der Waals surface area contributed by atoms with E-state index >= 15 is 0 Å². The molecule has 0 saturated carbocycles. The summed E-state index contributed by atoms with van der Waals surface area (Å²) in [7, 11) is 0. The molecule has 1 aromatic carbocycles. The Morgan fingerprint density at radius 2 is 2.12 bits per heavy atom. The van der Waals surface area contributed by atoms with E-state index in [0.29, 0.717) is 18.8 Å². The Bertz CT molecular complexity index is 399. The summed E-state index contributed by atoms with van der Waals surface area (Å²) in [5, 5.41) is 0. The lowest BCUT2D eigenvalue weighted by atomic mass is 10.0. The molecule has 1 heterocycles. The molecule has 4 heteroatoms. The van der Waals surface area contributed by atoms with Gasteiger partial charge in [-0.15, -0.1) is 0 Å². The molecule has 0 spiro atoms. The topological polar surface area (TPSA) is 18.5 Å². The van der Waals surface area contributed by atoms with E-state index in [0.717, 1.165) is 12.5 Å². The minimum absolute atomic E-state index is 0.0116. The van der Waals surface area contributed by atoms with Gasteiger partial charge in [0, 0.05) is 18.1 Å². The van der Waals surface area contributed by atoms with Crippen LogP contribution < -0.4 is 4.74 Å². The Hall–Kier alpha value is -1.16. The van der Waals surface area contributed by atoms with Crippen molar-refractivity contribution in [3.05, 3.63) is 29.3 Å². The maximum absolute atomic E-state index is 13.7. The fourth-order valence-electron chi connectivity index (χ4n) is 1.91. The predicted octanol–water partition coefficient (Wildman–Crippen LogP) is 3.26. The zero-order valence-electron chi connectivity index (χ0n) is 10.0. The van der Waals surface area contributed by atoms with Crippen LogP contribution in [0.15, 0.2) is 12.1 Å². The van der Waals surface area contributed by atoms with Crippen molar-refractivity contribution < 1.29 is 18.3 Å². The highest BCUT2D eigenvalue weighted by Gasteiger charge is 2.22. The minimum Gasteiger partial charge on any atom is -0.485 e. The third-order valence-electron chi connectivity index (χ3n) is 2.83. The van der Waals surface area contributed by atoms with E-state index in [-0.39, 0.29) is 17.8 Å². The van der Waals surface area contributed by atoms with Crippen molar-refractivity contribution in [3.8, 4) is 5.75 Å². The molecule has 2 rings (SSSR count). The molecule has 17 heavy (non-hydrogen) atoms. The van der Waals surface area contributed by atoms with Gasteiger partial charge >= 0.3 is 0 Å². The molecule has 1 unspecified atom stereocenters. The van der Waals surface area contributed by atoms with Crippen LogP contribution in [0.2, 0.25) is 0 Å². The number of hydrogen-bond donors (Lipinski definition) is 0. The lowest BCUT2D eigenvalue weighted by molar-refractivity contribution is 0.137. The third-order valence-corrected chi connectivity index (χ3v) is 2.83. The van der Waals surface area contributed by atoms with Crippen LogP contribution in [0.25, 0.3) is 0 Å². The summed E-state index contributed by atoms with van der Waals surface area (Å²) < 4.78 is 37.6. The summed E-state index contributed by atoms with van der Waals surface area (Å²) in [6.07, 6.45) is 0.612. The molecule has 1 aliphatic heterocycles. The molecular weight excluding hydrogens is 226 g/mol. The first kappa shape index (κ1) is 12.3. The standard InChI is InChI=1S/C13H16F2O2/c1-8(2)11-5-9(14)6-12(15)13(11)17-10-3-4-16-7-10/h5-6,8,10H,3-4,7H2,1-2H3. The van der Waals surface area contributed by atoms with Gasteiger partial charge in [-0.05, 0) is 12.0 Å².